The minimum Gasteiger partial charge on any atom is -0.367 e. The first-order chi connectivity index (χ1) is 11.4. The molecule has 23 heavy (non-hydrogen) atoms. The van der Waals surface area contributed by atoms with Gasteiger partial charge in [0.25, 0.3) is 0 Å². The van der Waals surface area contributed by atoms with Gasteiger partial charge in [-0.25, -0.2) is 24.9 Å². The standard InChI is InChI=1S/C16H17N7/c1-2-13-15(18-6-1)20-11-21-16(13)23-8-4-12(5-9-23)22-14-3-7-17-10-19-14/h1-3,6-7,10-12H,4-5,8-9H2,(H,17,19,22). The first-order valence-electron chi connectivity index (χ1n) is 7.73. The molecule has 3 aromatic heterocycles. The van der Waals surface area contributed by atoms with Crippen LogP contribution < -0.4 is 10.2 Å². The van der Waals surface area contributed by atoms with Crippen LogP contribution in [0.3, 0.4) is 0 Å². The topological polar surface area (TPSA) is 79.7 Å². The van der Waals surface area contributed by atoms with E-state index in [0.29, 0.717) is 6.04 Å². The van der Waals surface area contributed by atoms with E-state index in [9.17, 15) is 0 Å². The fraction of sp³-hybridized carbons (Fsp3) is 0.312. The molecule has 0 radical (unpaired) electrons. The zero-order valence-electron chi connectivity index (χ0n) is 12.6. The summed E-state index contributed by atoms with van der Waals surface area (Å²) in [5, 5.41) is 4.48. The maximum Gasteiger partial charge on any atom is 0.164 e. The van der Waals surface area contributed by atoms with Crippen LogP contribution in [0.15, 0.2) is 43.2 Å². The van der Waals surface area contributed by atoms with Crippen molar-refractivity contribution >= 4 is 22.7 Å². The molecule has 1 aliphatic rings. The van der Waals surface area contributed by atoms with Gasteiger partial charge in [0, 0.05) is 31.5 Å². The van der Waals surface area contributed by atoms with E-state index in [1.54, 1.807) is 25.0 Å². The summed E-state index contributed by atoms with van der Waals surface area (Å²) in [5.41, 5.74) is 0.749. The first kappa shape index (κ1) is 13.8. The predicted octanol–water partition coefficient (Wildman–Crippen LogP) is 1.90. The van der Waals surface area contributed by atoms with E-state index < -0.39 is 0 Å². The van der Waals surface area contributed by atoms with E-state index in [1.165, 1.54) is 0 Å². The zero-order valence-corrected chi connectivity index (χ0v) is 12.6. The van der Waals surface area contributed by atoms with E-state index in [0.717, 1.165) is 48.6 Å². The number of nitrogens with one attached hydrogen (secondary N) is 1. The third-order valence-corrected chi connectivity index (χ3v) is 4.12. The SMILES string of the molecule is c1cnc2ncnc(N3CCC(Nc4ccncn4)CC3)c2c1. The van der Waals surface area contributed by atoms with Gasteiger partial charge in [0.15, 0.2) is 5.65 Å². The van der Waals surface area contributed by atoms with E-state index in [4.69, 9.17) is 0 Å². The molecule has 0 bridgehead atoms. The number of nitrogens with zero attached hydrogens (tertiary/aromatic N) is 6. The van der Waals surface area contributed by atoms with Gasteiger partial charge in [-0.3, -0.25) is 0 Å². The molecular weight excluding hydrogens is 290 g/mol. The fourth-order valence-corrected chi connectivity index (χ4v) is 2.96. The van der Waals surface area contributed by atoms with Gasteiger partial charge in [-0.05, 0) is 31.0 Å². The summed E-state index contributed by atoms with van der Waals surface area (Å²) in [6.45, 7) is 1.90. The van der Waals surface area contributed by atoms with Crippen LogP contribution in [0.2, 0.25) is 0 Å². The quantitative estimate of drug-likeness (QED) is 0.791. The summed E-state index contributed by atoms with van der Waals surface area (Å²) in [5.74, 6) is 1.86. The lowest BCUT2D eigenvalue weighted by Crippen LogP contribution is -2.39. The fourth-order valence-electron chi connectivity index (χ4n) is 2.96. The lowest BCUT2D eigenvalue weighted by atomic mass is 10.0. The second-order valence-corrected chi connectivity index (χ2v) is 5.57. The Kier molecular flexibility index (Phi) is 3.67. The van der Waals surface area contributed by atoms with Crippen LogP contribution in [0.25, 0.3) is 11.0 Å². The van der Waals surface area contributed by atoms with Crippen molar-refractivity contribution in [3.63, 3.8) is 0 Å². The van der Waals surface area contributed by atoms with E-state index in [-0.39, 0.29) is 0 Å². The third-order valence-electron chi connectivity index (χ3n) is 4.12. The summed E-state index contributed by atoms with van der Waals surface area (Å²) in [6.07, 6.45) is 8.75. The van der Waals surface area contributed by atoms with Gasteiger partial charge in [-0.1, -0.05) is 0 Å². The molecule has 0 aromatic carbocycles. The van der Waals surface area contributed by atoms with Crippen LogP contribution in [0.1, 0.15) is 12.8 Å². The highest BCUT2D eigenvalue weighted by Crippen LogP contribution is 2.25. The van der Waals surface area contributed by atoms with Crippen molar-refractivity contribution < 1.29 is 0 Å². The number of fused-ring (bicyclic) bond motifs is 1. The van der Waals surface area contributed by atoms with Crippen molar-refractivity contribution in [1.82, 2.24) is 24.9 Å². The second-order valence-electron chi connectivity index (χ2n) is 5.57. The zero-order chi connectivity index (χ0) is 15.5. The average Bonchev–Trinajstić information content (AvgIpc) is 2.63. The summed E-state index contributed by atoms with van der Waals surface area (Å²) < 4.78 is 0. The average molecular weight is 307 g/mol. The summed E-state index contributed by atoms with van der Waals surface area (Å²) in [6, 6.07) is 6.28. The molecule has 1 saturated heterocycles. The van der Waals surface area contributed by atoms with Gasteiger partial charge in [0.1, 0.15) is 24.3 Å². The first-order valence-corrected chi connectivity index (χ1v) is 7.73. The smallest absolute Gasteiger partial charge is 0.164 e. The van der Waals surface area contributed by atoms with Crippen LogP contribution in [-0.2, 0) is 0 Å². The van der Waals surface area contributed by atoms with Gasteiger partial charge < -0.3 is 10.2 Å². The number of hydrogen-bond donors (Lipinski definition) is 1. The lowest BCUT2D eigenvalue weighted by Gasteiger charge is -2.33. The van der Waals surface area contributed by atoms with Crippen molar-refractivity contribution in [2.24, 2.45) is 0 Å². The number of aromatic nitrogens is 5. The summed E-state index contributed by atoms with van der Waals surface area (Å²) in [7, 11) is 0. The monoisotopic (exact) mass is 307 g/mol. The molecule has 7 nitrogen and oxygen atoms in total. The molecule has 0 atom stereocenters. The second kappa shape index (κ2) is 6.12. The molecule has 0 aliphatic carbocycles. The molecule has 0 unspecified atom stereocenters. The van der Waals surface area contributed by atoms with Crippen LogP contribution in [0, 0.1) is 0 Å². The van der Waals surface area contributed by atoms with E-state index in [2.05, 4.69) is 35.1 Å². The molecule has 4 rings (SSSR count). The predicted molar refractivity (Wildman–Crippen MR) is 88.2 cm³/mol. The molecule has 0 amide bonds. The van der Waals surface area contributed by atoms with E-state index >= 15 is 0 Å². The minimum absolute atomic E-state index is 0.423. The lowest BCUT2D eigenvalue weighted by molar-refractivity contribution is 0.523. The molecule has 3 aromatic rings. The highest BCUT2D eigenvalue weighted by atomic mass is 15.2. The minimum atomic E-state index is 0.423. The Morgan fingerprint density at radius 3 is 2.70 bits per heavy atom. The third kappa shape index (κ3) is 2.90. The van der Waals surface area contributed by atoms with Gasteiger partial charge >= 0.3 is 0 Å². The van der Waals surface area contributed by atoms with Crippen LogP contribution >= 0.6 is 0 Å². The van der Waals surface area contributed by atoms with Gasteiger partial charge in [0.2, 0.25) is 0 Å². The van der Waals surface area contributed by atoms with Gasteiger partial charge in [-0.2, -0.15) is 0 Å². The number of pyridine rings is 1. The molecule has 1 fully saturated rings. The molecule has 1 aliphatic heterocycles. The van der Waals surface area contributed by atoms with Gasteiger partial charge in [-0.15, -0.1) is 0 Å². The van der Waals surface area contributed by atoms with Gasteiger partial charge in [0.05, 0.1) is 5.39 Å². The Labute approximate surface area is 133 Å². The molecule has 7 heteroatoms. The summed E-state index contributed by atoms with van der Waals surface area (Å²) in [4.78, 5) is 23.5. The molecule has 1 N–H and O–H groups in total. The highest BCUT2D eigenvalue weighted by Gasteiger charge is 2.21. The van der Waals surface area contributed by atoms with Crippen LogP contribution in [-0.4, -0.2) is 44.1 Å². The Balaban J connectivity index is 1.47. The van der Waals surface area contributed by atoms with Crippen molar-refractivity contribution in [3.05, 3.63) is 43.2 Å². The number of piperidine rings is 1. The molecule has 0 saturated carbocycles. The van der Waals surface area contributed by atoms with Crippen LogP contribution in [0.5, 0.6) is 0 Å². The molecule has 0 spiro atoms. The van der Waals surface area contributed by atoms with Crippen molar-refractivity contribution in [1.29, 1.82) is 0 Å². The highest BCUT2D eigenvalue weighted by molar-refractivity contribution is 5.86. The normalized spacial score (nSPS) is 15.7. The van der Waals surface area contributed by atoms with Crippen molar-refractivity contribution in [2.75, 3.05) is 23.3 Å². The van der Waals surface area contributed by atoms with E-state index in [1.807, 2.05) is 18.2 Å². The molecule has 116 valence electrons. The Hall–Kier alpha value is -2.83. The Morgan fingerprint density at radius 1 is 0.957 bits per heavy atom. The number of hydrogen-bond acceptors (Lipinski definition) is 7. The largest absolute Gasteiger partial charge is 0.367 e. The molecular formula is C16H17N7. The maximum atomic E-state index is 4.47. The van der Waals surface area contributed by atoms with Crippen molar-refractivity contribution in [2.45, 2.75) is 18.9 Å². The van der Waals surface area contributed by atoms with Crippen LogP contribution in [0.4, 0.5) is 11.6 Å². The summed E-state index contributed by atoms with van der Waals surface area (Å²) >= 11 is 0. The molecule has 4 heterocycles. The number of anilines is 2. The van der Waals surface area contributed by atoms with Crippen molar-refractivity contribution in [3.8, 4) is 0 Å². The maximum absolute atomic E-state index is 4.47. The Bertz CT molecular complexity index is 779. The Morgan fingerprint density at radius 2 is 1.87 bits per heavy atom. The number of rotatable bonds is 3.